The maximum absolute atomic E-state index is 13.8. The highest BCUT2D eigenvalue weighted by Gasteiger charge is 2.17. The zero-order valence-corrected chi connectivity index (χ0v) is 18.4. The molecule has 0 unspecified atom stereocenters. The molecule has 0 radical (unpaired) electrons. The molecular weight excluding hydrogens is 441 g/mol. The van der Waals surface area contributed by atoms with Gasteiger partial charge < -0.3 is 4.52 Å². The molecule has 0 amide bonds. The number of rotatable bonds is 5. The van der Waals surface area contributed by atoms with E-state index < -0.39 is 0 Å². The van der Waals surface area contributed by atoms with Crippen molar-refractivity contribution in [2.45, 2.75) is 13.3 Å². The first kappa shape index (κ1) is 21.0. The minimum absolute atomic E-state index is 0.290. The van der Waals surface area contributed by atoms with E-state index >= 15 is 0 Å². The Labute approximate surface area is 193 Å². The monoisotopic (exact) mass is 459 g/mol. The van der Waals surface area contributed by atoms with Crippen LogP contribution in [-0.2, 0) is 0 Å². The van der Waals surface area contributed by atoms with Crippen molar-refractivity contribution >= 4 is 33.7 Å². The molecule has 0 aliphatic heterocycles. The highest BCUT2D eigenvalue weighted by Crippen LogP contribution is 2.38. The molecule has 33 heavy (non-hydrogen) atoms. The summed E-state index contributed by atoms with van der Waals surface area (Å²) in [4.78, 5) is 11.4. The molecule has 2 N–H and O–H groups in total. The van der Waals surface area contributed by atoms with Gasteiger partial charge in [0.1, 0.15) is 5.82 Å². The van der Waals surface area contributed by atoms with Gasteiger partial charge in [0, 0.05) is 10.9 Å². The highest BCUT2D eigenvalue weighted by atomic mass is 35.5. The van der Waals surface area contributed by atoms with Crippen molar-refractivity contribution in [3.63, 3.8) is 0 Å². The SMILES string of the molecule is CC/C(=C(\c1ccc(-c2cc(=O)[nH]o2)cc1)c1ccc2[nH]ncc2c1)c1ccc(F)cc1Cl. The van der Waals surface area contributed by atoms with E-state index in [1.807, 2.05) is 43.3 Å². The zero-order valence-electron chi connectivity index (χ0n) is 17.7. The minimum Gasteiger partial charge on any atom is -0.378 e. The number of hydrogen-bond acceptors (Lipinski definition) is 3. The summed E-state index contributed by atoms with van der Waals surface area (Å²) in [6, 6.07) is 19.7. The maximum Gasteiger partial charge on any atom is 0.280 e. The molecule has 3 aromatic carbocycles. The van der Waals surface area contributed by atoms with Crippen LogP contribution in [-0.4, -0.2) is 15.4 Å². The van der Waals surface area contributed by atoms with Crippen LogP contribution < -0.4 is 5.56 Å². The number of halogens is 2. The molecule has 5 rings (SSSR count). The maximum atomic E-state index is 13.8. The fourth-order valence-corrected chi connectivity index (χ4v) is 4.36. The average Bonchev–Trinajstić information content (AvgIpc) is 3.46. The van der Waals surface area contributed by atoms with E-state index in [-0.39, 0.29) is 11.4 Å². The standard InChI is InChI=1S/C26H19ClFN3O2/c1-2-20(21-9-8-19(28)12-22(21)27)26(17-7-10-23-18(11-17)14-29-30-23)16-5-3-15(4-6-16)24-13-25(32)31-33-24/h3-14H,2H2,1H3,(H,29,30)(H,31,32)/b26-20-. The predicted molar refractivity (Wildman–Crippen MR) is 128 cm³/mol. The summed E-state index contributed by atoms with van der Waals surface area (Å²) in [5.74, 6) is 0.0899. The van der Waals surface area contributed by atoms with Crippen molar-refractivity contribution in [1.29, 1.82) is 0 Å². The van der Waals surface area contributed by atoms with Crippen LogP contribution in [0.15, 0.2) is 82.2 Å². The van der Waals surface area contributed by atoms with Crippen LogP contribution in [0.1, 0.15) is 30.0 Å². The van der Waals surface area contributed by atoms with Gasteiger partial charge in [0.25, 0.3) is 5.56 Å². The molecule has 5 nitrogen and oxygen atoms in total. The van der Waals surface area contributed by atoms with Gasteiger partial charge in [-0.1, -0.05) is 54.9 Å². The number of fused-ring (bicyclic) bond motifs is 1. The van der Waals surface area contributed by atoms with Crippen molar-refractivity contribution in [3.05, 3.63) is 111 Å². The lowest BCUT2D eigenvalue weighted by Gasteiger charge is -2.18. The number of H-pyrrole nitrogens is 2. The number of aromatic amines is 2. The summed E-state index contributed by atoms with van der Waals surface area (Å²) in [5.41, 5.74) is 6.12. The van der Waals surface area contributed by atoms with E-state index in [4.69, 9.17) is 16.1 Å². The summed E-state index contributed by atoms with van der Waals surface area (Å²) in [6.45, 7) is 2.05. The van der Waals surface area contributed by atoms with Gasteiger partial charge in [0.2, 0.25) is 0 Å². The Morgan fingerprint density at radius 1 is 1.03 bits per heavy atom. The Kier molecular flexibility index (Phi) is 5.44. The lowest BCUT2D eigenvalue weighted by atomic mass is 9.87. The second kappa shape index (κ2) is 8.56. The quantitative estimate of drug-likeness (QED) is 0.288. The molecule has 2 heterocycles. The Balaban J connectivity index is 1.73. The van der Waals surface area contributed by atoms with Crippen LogP contribution in [0.2, 0.25) is 5.02 Å². The van der Waals surface area contributed by atoms with E-state index in [0.717, 1.165) is 44.3 Å². The van der Waals surface area contributed by atoms with Crippen LogP contribution in [0.5, 0.6) is 0 Å². The van der Waals surface area contributed by atoms with Gasteiger partial charge in [-0.3, -0.25) is 9.89 Å². The van der Waals surface area contributed by atoms with Crippen molar-refractivity contribution in [3.8, 4) is 11.3 Å². The van der Waals surface area contributed by atoms with Crippen molar-refractivity contribution in [2.75, 3.05) is 0 Å². The first-order chi connectivity index (χ1) is 16.0. The number of nitrogens with one attached hydrogen (secondary N) is 2. The fraction of sp³-hybridized carbons (Fsp3) is 0.0769. The Hall–Kier alpha value is -3.90. The summed E-state index contributed by atoms with van der Waals surface area (Å²) in [5, 5.41) is 10.8. The van der Waals surface area contributed by atoms with Crippen LogP contribution in [0.25, 0.3) is 33.4 Å². The average molecular weight is 460 g/mol. The highest BCUT2D eigenvalue weighted by molar-refractivity contribution is 6.32. The third kappa shape index (κ3) is 4.01. The summed E-state index contributed by atoms with van der Waals surface area (Å²) in [6.07, 6.45) is 2.46. The van der Waals surface area contributed by atoms with E-state index in [1.54, 1.807) is 12.3 Å². The molecule has 5 aromatic rings. The number of nitrogens with zero attached hydrogens (tertiary/aromatic N) is 1. The van der Waals surface area contributed by atoms with Crippen LogP contribution in [0.3, 0.4) is 0 Å². The second-order valence-electron chi connectivity index (χ2n) is 7.66. The van der Waals surface area contributed by atoms with E-state index in [9.17, 15) is 9.18 Å². The topological polar surface area (TPSA) is 74.7 Å². The number of aromatic nitrogens is 3. The molecule has 0 aliphatic rings. The molecule has 2 aromatic heterocycles. The van der Waals surface area contributed by atoms with E-state index in [1.165, 1.54) is 18.2 Å². The molecule has 0 saturated heterocycles. The smallest absolute Gasteiger partial charge is 0.280 e. The Bertz CT molecular complexity index is 1540. The van der Waals surface area contributed by atoms with Crippen LogP contribution in [0.4, 0.5) is 4.39 Å². The van der Waals surface area contributed by atoms with E-state index in [2.05, 4.69) is 21.4 Å². The summed E-state index contributed by atoms with van der Waals surface area (Å²) >= 11 is 6.47. The fourth-order valence-electron chi connectivity index (χ4n) is 4.08. The lowest BCUT2D eigenvalue weighted by molar-refractivity contribution is 0.426. The second-order valence-corrected chi connectivity index (χ2v) is 8.06. The Morgan fingerprint density at radius 3 is 2.52 bits per heavy atom. The molecule has 0 bridgehead atoms. The largest absolute Gasteiger partial charge is 0.378 e. The molecule has 0 aliphatic carbocycles. The van der Waals surface area contributed by atoms with Gasteiger partial charge in [-0.05, 0) is 58.5 Å². The number of hydrogen-bond donors (Lipinski definition) is 2. The van der Waals surface area contributed by atoms with Gasteiger partial charge in [0.05, 0.1) is 22.8 Å². The lowest BCUT2D eigenvalue weighted by Crippen LogP contribution is -1.96. The van der Waals surface area contributed by atoms with Crippen molar-refractivity contribution < 1.29 is 8.91 Å². The number of allylic oxidation sites excluding steroid dienone is 1. The van der Waals surface area contributed by atoms with Crippen LogP contribution in [0, 0.1) is 5.82 Å². The molecule has 0 atom stereocenters. The van der Waals surface area contributed by atoms with Gasteiger partial charge in [-0.25, -0.2) is 4.39 Å². The van der Waals surface area contributed by atoms with Gasteiger partial charge in [-0.2, -0.15) is 10.3 Å². The van der Waals surface area contributed by atoms with Crippen molar-refractivity contribution in [1.82, 2.24) is 15.4 Å². The van der Waals surface area contributed by atoms with E-state index in [0.29, 0.717) is 17.2 Å². The summed E-state index contributed by atoms with van der Waals surface area (Å²) < 4.78 is 19.0. The zero-order chi connectivity index (χ0) is 22.9. The minimum atomic E-state index is -0.377. The third-order valence-corrected chi connectivity index (χ3v) is 5.94. The predicted octanol–water partition coefficient (Wildman–Crippen LogP) is 6.67. The molecule has 164 valence electrons. The normalized spacial score (nSPS) is 12.2. The van der Waals surface area contributed by atoms with Crippen LogP contribution >= 0.6 is 11.6 Å². The van der Waals surface area contributed by atoms with Gasteiger partial charge in [-0.15, -0.1) is 0 Å². The summed E-state index contributed by atoms with van der Waals surface area (Å²) in [7, 11) is 0. The molecule has 0 saturated carbocycles. The first-order valence-corrected chi connectivity index (χ1v) is 10.8. The number of benzene rings is 3. The molecule has 7 heteroatoms. The third-order valence-electron chi connectivity index (χ3n) is 5.62. The molecule has 0 spiro atoms. The first-order valence-electron chi connectivity index (χ1n) is 10.4. The van der Waals surface area contributed by atoms with Gasteiger partial charge >= 0.3 is 0 Å². The Morgan fingerprint density at radius 2 is 1.82 bits per heavy atom. The molecular formula is C26H19ClFN3O2. The molecule has 0 fully saturated rings. The van der Waals surface area contributed by atoms with Gasteiger partial charge in [0.15, 0.2) is 5.76 Å². The van der Waals surface area contributed by atoms with Crippen molar-refractivity contribution in [2.24, 2.45) is 0 Å².